The minimum Gasteiger partial charge on any atom is -0.371 e. The molecular weight excluding hydrogens is 138 g/mol. The van der Waals surface area contributed by atoms with Gasteiger partial charge in [-0.3, -0.25) is 0 Å². The van der Waals surface area contributed by atoms with Crippen LogP contribution in [0.3, 0.4) is 0 Å². The molecule has 0 amide bonds. The summed E-state index contributed by atoms with van der Waals surface area (Å²) in [7, 11) is 0. The lowest BCUT2D eigenvalue weighted by molar-refractivity contribution is -0.0615. The third-order valence-corrected chi connectivity index (χ3v) is 1.61. The second-order valence-electron chi connectivity index (χ2n) is 4.01. The second kappa shape index (κ2) is 4.07. The predicted molar refractivity (Wildman–Crippen MR) is 48.6 cm³/mol. The van der Waals surface area contributed by atoms with Gasteiger partial charge in [-0.05, 0) is 34.1 Å². The van der Waals surface area contributed by atoms with Crippen molar-refractivity contribution in [2.45, 2.75) is 58.8 Å². The van der Waals surface area contributed by atoms with Gasteiger partial charge >= 0.3 is 0 Å². The fourth-order valence-corrected chi connectivity index (χ4v) is 0.977. The fourth-order valence-electron chi connectivity index (χ4n) is 0.977. The predicted octanol–water partition coefficient (Wildman–Crippen LogP) is 1.93. The Morgan fingerprint density at radius 2 is 1.82 bits per heavy atom. The van der Waals surface area contributed by atoms with Crippen LogP contribution >= 0.6 is 0 Å². The summed E-state index contributed by atoms with van der Waals surface area (Å²) in [5.41, 5.74) is 5.72. The number of hydrogen-bond donors (Lipinski definition) is 1. The van der Waals surface area contributed by atoms with Gasteiger partial charge in [0, 0.05) is 6.04 Å². The number of nitrogens with two attached hydrogens (primary N) is 1. The minimum atomic E-state index is -0.0772. The first-order valence-electron chi connectivity index (χ1n) is 4.30. The van der Waals surface area contributed by atoms with E-state index in [1.54, 1.807) is 0 Å². The maximum atomic E-state index is 5.80. The smallest absolute Gasteiger partial charge is 0.0704 e. The monoisotopic (exact) mass is 159 g/mol. The van der Waals surface area contributed by atoms with Crippen molar-refractivity contribution < 1.29 is 4.74 Å². The molecule has 68 valence electrons. The van der Waals surface area contributed by atoms with E-state index < -0.39 is 0 Å². The Hall–Kier alpha value is -0.0800. The molecule has 0 aromatic rings. The van der Waals surface area contributed by atoms with Crippen LogP contribution in [0.15, 0.2) is 0 Å². The van der Waals surface area contributed by atoms with Crippen LogP contribution in [-0.4, -0.2) is 17.7 Å². The molecule has 11 heavy (non-hydrogen) atoms. The third-order valence-electron chi connectivity index (χ3n) is 1.61. The van der Waals surface area contributed by atoms with Crippen molar-refractivity contribution in [1.82, 2.24) is 0 Å². The summed E-state index contributed by atoms with van der Waals surface area (Å²) in [6.45, 7) is 10.2. The van der Waals surface area contributed by atoms with E-state index in [0.717, 1.165) is 6.42 Å². The average Bonchev–Trinajstić information content (AvgIpc) is 1.82. The van der Waals surface area contributed by atoms with Crippen molar-refractivity contribution in [3.05, 3.63) is 0 Å². The lowest BCUT2D eigenvalue weighted by Crippen LogP contribution is -2.38. The molecule has 0 rings (SSSR count). The molecule has 2 heteroatoms. The standard InChI is InChI=1S/C9H21NO/c1-6-8(10)7(2)11-9(3,4)5/h7-8H,6,10H2,1-5H3. The van der Waals surface area contributed by atoms with Crippen LogP contribution in [0, 0.1) is 0 Å². The van der Waals surface area contributed by atoms with Crippen LogP contribution in [0.2, 0.25) is 0 Å². The first kappa shape index (κ1) is 10.9. The molecule has 2 atom stereocenters. The quantitative estimate of drug-likeness (QED) is 0.683. The highest BCUT2D eigenvalue weighted by Gasteiger charge is 2.18. The van der Waals surface area contributed by atoms with Crippen molar-refractivity contribution in [3.63, 3.8) is 0 Å². The largest absolute Gasteiger partial charge is 0.371 e. The Morgan fingerprint density at radius 1 is 1.36 bits per heavy atom. The zero-order valence-electron chi connectivity index (χ0n) is 8.35. The molecule has 0 aliphatic carbocycles. The van der Waals surface area contributed by atoms with E-state index in [-0.39, 0.29) is 17.7 Å². The first-order chi connectivity index (χ1) is 4.87. The zero-order chi connectivity index (χ0) is 9.07. The Labute approximate surface area is 70.1 Å². The van der Waals surface area contributed by atoms with Gasteiger partial charge in [0.2, 0.25) is 0 Å². The van der Waals surface area contributed by atoms with E-state index in [1.165, 1.54) is 0 Å². The van der Waals surface area contributed by atoms with Gasteiger partial charge in [-0.25, -0.2) is 0 Å². The molecule has 2 N–H and O–H groups in total. The van der Waals surface area contributed by atoms with E-state index in [0.29, 0.717) is 0 Å². The van der Waals surface area contributed by atoms with Gasteiger partial charge < -0.3 is 10.5 Å². The fraction of sp³-hybridized carbons (Fsp3) is 1.00. The summed E-state index contributed by atoms with van der Waals surface area (Å²) < 4.78 is 5.67. The Kier molecular flexibility index (Phi) is 4.04. The van der Waals surface area contributed by atoms with Crippen LogP contribution in [0.1, 0.15) is 41.0 Å². The molecule has 0 aliphatic heterocycles. The molecule has 2 unspecified atom stereocenters. The SMILES string of the molecule is CCC(N)C(C)OC(C)(C)C. The Bertz CT molecular complexity index is 107. The summed E-state index contributed by atoms with van der Waals surface area (Å²) in [5, 5.41) is 0. The molecule has 2 nitrogen and oxygen atoms in total. The zero-order valence-corrected chi connectivity index (χ0v) is 8.35. The van der Waals surface area contributed by atoms with Crippen molar-refractivity contribution in [2.75, 3.05) is 0 Å². The van der Waals surface area contributed by atoms with Crippen LogP contribution in [-0.2, 0) is 4.74 Å². The second-order valence-corrected chi connectivity index (χ2v) is 4.01. The van der Waals surface area contributed by atoms with Gasteiger partial charge in [0.15, 0.2) is 0 Å². The molecule has 0 aromatic heterocycles. The third kappa shape index (κ3) is 5.22. The first-order valence-corrected chi connectivity index (χ1v) is 4.30. The number of ether oxygens (including phenoxy) is 1. The Balaban J connectivity index is 3.77. The van der Waals surface area contributed by atoms with Gasteiger partial charge in [0.1, 0.15) is 0 Å². The highest BCUT2D eigenvalue weighted by molar-refractivity contribution is 4.71. The highest BCUT2D eigenvalue weighted by Crippen LogP contribution is 2.12. The van der Waals surface area contributed by atoms with E-state index in [1.807, 2.05) is 27.7 Å². The summed E-state index contributed by atoms with van der Waals surface area (Å²) in [6.07, 6.45) is 1.12. The maximum absolute atomic E-state index is 5.80. The molecule has 0 saturated heterocycles. The van der Waals surface area contributed by atoms with Gasteiger partial charge in [0.05, 0.1) is 11.7 Å². The number of hydrogen-bond acceptors (Lipinski definition) is 2. The summed E-state index contributed by atoms with van der Waals surface area (Å²) in [6, 6.07) is 0.161. The maximum Gasteiger partial charge on any atom is 0.0704 e. The molecule has 0 aliphatic rings. The lowest BCUT2D eigenvalue weighted by atomic mass is 10.1. The van der Waals surface area contributed by atoms with Crippen LogP contribution in [0.4, 0.5) is 0 Å². The van der Waals surface area contributed by atoms with Gasteiger partial charge in [0.25, 0.3) is 0 Å². The van der Waals surface area contributed by atoms with E-state index in [2.05, 4.69) is 6.92 Å². The van der Waals surface area contributed by atoms with E-state index in [4.69, 9.17) is 10.5 Å². The highest BCUT2D eigenvalue weighted by atomic mass is 16.5. The molecule has 0 bridgehead atoms. The summed E-state index contributed by atoms with van der Waals surface area (Å²) in [4.78, 5) is 0. The summed E-state index contributed by atoms with van der Waals surface area (Å²) in [5.74, 6) is 0. The van der Waals surface area contributed by atoms with Crippen molar-refractivity contribution >= 4 is 0 Å². The minimum absolute atomic E-state index is 0.0772. The molecular formula is C9H21NO. The molecule has 0 saturated carbocycles. The van der Waals surface area contributed by atoms with E-state index >= 15 is 0 Å². The Morgan fingerprint density at radius 3 is 2.09 bits per heavy atom. The van der Waals surface area contributed by atoms with Crippen molar-refractivity contribution in [1.29, 1.82) is 0 Å². The lowest BCUT2D eigenvalue weighted by Gasteiger charge is -2.28. The van der Waals surface area contributed by atoms with Crippen LogP contribution in [0.25, 0.3) is 0 Å². The topological polar surface area (TPSA) is 35.2 Å². The normalized spacial score (nSPS) is 18.0. The van der Waals surface area contributed by atoms with Crippen LogP contribution < -0.4 is 5.73 Å². The molecule has 0 spiro atoms. The van der Waals surface area contributed by atoms with Gasteiger partial charge in [-0.1, -0.05) is 6.92 Å². The van der Waals surface area contributed by atoms with Crippen molar-refractivity contribution in [2.24, 2.45) is 5.73 Å². The summed E-state index contributed by atoms with van der Waals surface area (Å²) >= 11 is 0. The van der Waals surface area contributed by atoms with Gasteiger partial charge in [-0.15, -0.1) is 0 Å². The molecule has 0 heterocycles. The van der Waals surface area contributed by atoms with Crippen LogP contribution in [0.5, 0.6) is 0 Å². The number of rotatable bonds is 3. The molecule has 0 aromatic carbocycles. The molecule has 0 radical (unpaired) electrons. The average molecular weight is 159 g/mol. The van der Waals surface area contributed by atoms with E-state index in [9.17, 15) is 0 Å². The van der Waals surface area contributed by atoms with Crippen molar-refractivity contribution in [3.8, 4) is 0 Å². The van der Waals surface area contributed by atoms with Gasteiger partial charge in [-0.2, -0.15) is 0 Å². The molecule has 0 fully saturated rings.